The van der Waals surface area contributed by atoms with E-state index in [4.69, 9.17) is 0 Å². The van der Waals surface area contributed by atoms with E-state index >= 15 is 0 Å². The molecule has 0 saturated carbocycles. The summed E-state index contributed by atoms with van der Waals surface area (Å²) >= 11 is 0. The van der Waals surface area contributed by atoms with Crippen molar-refractivity contribution in [2.24, 2.45) is 7.05 Å². The summed E-state index contributed by atoms with van der Waals surface area (Å²) in [6.07, 6.45) is 3.80. The second kappa shape index (κ2) is 5.43. The fourth-order valence-corrected chi connectivity index (χ4v) is 2.46. The lowest BCUT2D eigenvalue weighted by Crippen LogP contribution is -2.22. The Kier molecular flexibility index (Phi) is 3.48. The number of pyridine rings is 1. The van der Waals surface area contributed by atoms with E-state index in [0.29, 0.717) is 0 Å². The van der Waals surface area contributed by atoms with Crippen LogP contribution in [0.1, 0.15) is 24.2 Å². The molecule has 0 radical (unpaired) electrons. The smallest absolute Gasteiger partial charge is 0.0839 e. The van der Waals surface area contributed by atoms with Crippen LogP contribution < -0.4 is 5.32 Å². The first-order valence-electron chi connectivity index (χ1n) is 6.85. The van der Waals surface area contributed by atoms with E-state index in [0.717, 1.165) is 23.1 Å². The predicted octanol–water partition coefficient (Wildman–Crippen LogP) is 2.67. The Balaban J connectivity index is 2.04. The first-order chi connectivity index (χ1) is 9.78. The van der Waals surface area contributed by atoms with Crippen molar-refractivity contribution < 1.29 is 0 Å². The molecular formula is C16H18N4. The molecule has 1 atom stereocenters. The highest BCUT2D eigenvalue weighted by Crippen LogP contribution is 2.23. The lowest BCUT2D eigenvalue weighted by molar-refractivity contribution is 0.600. The Morgan fingerprint density at radius 2 is 2.15 bits per heavy atom. The van der Waals surface area contributed by atoms with Gasteiger partial charge in [-0.2, -0.15) is 5.10 Å². The van der Waals surface area contributed by atoms with Gasteiger partial charge in [0.1, 0.15) is 0 Å². The molecule has 0 saturated heterocycles. The highest BCUT2D eigenvalue weighted by molar-refractivity contribution is 5.79. The van der Waals surface area contributed by atoms with Crippen molar-refractivity contribution in [2.75, 3.05) is 6.54 Å². The van der Waals surface area contributed by atoms with Crippen LogP contribution in [0.4, 0.5) is 0 Å². The Morgan fingerprint density at radius 3 is 2.90 bits per heavy atom. The van der Waals surface area contributed by atoms with Gasteiger partial charge in [-0.05, 0) is 36.4 Å². The van der Waals surface area contributed by atoms with Crippen LogP contribution in [0, 0.1) is 0 Å². The molecule has 0 fully saturated rings. The summed E-state index contributed by atoms with van der Waals surface area (Å²) in [6, 6.07) is 12.6. The third kappa shape index (κ3) is 2.42. The van der Waals surface area contributed by atoms with Crippen molar-refractivity contribution in [1.82, 2.24) is 20.1 Å². The van der Waals surface area contributed by atoms with Crippen LogP contribution in [0.2, 0.25) is 0 Å². The predicted molar refractivity (Wildman–Crippen MR) is 80.5 cm³/mol. The van der Waals surface area contributed by atoms with Crippen LogP contribution in [0.5, 0.6) is 0 Å². The van der Waals surface area contributed by atoms with E-state index < -0.39 is 0 Å². The third-order valence-electron chi connectivity index (χ3n) is 3.40. The second-order valence-electron chi connectivity index (χ2n) is 4.86. The molecule has 2 heterocycles. The van der Waals surface area contributed by atoms with Gasteiger partial charge in [0.2, 0.25) is 0 Å². The van der Waals surface area contributed by atoms with Crippen molar-refractivity contribution in [3.63, 3.8) is 0 Å². The van der Waals surface area contributed by atoms with Crippen LogP contribution >= 0.6 is 0 Å². The normalized spacial score (nSPS) is 12.7. The fourth-order valence-electron chi connectivity index (χ4n) is 2.46. The maximum absolute atomic E-state index is 4.52. The maximum atomic E-state index is 4.52. The molecule has 4 heteroatoms. The van der Waals surface area contributed by atoms with Gasteiger partial charge in [0, 0.05) is 24.8 Å². The molecule has 0 aliphatic rings. The summed E-state index contributed by atoms with van der Waals surface area (Å²) in [5.74, 6) is 0. The first kappa shape index (κ1) is 12.8. The Labute approximate surface area is 118 Å². The molecule has 1 N–H and O–H groups in total. The minimum Gasteiger partial charge on any atom is -0.305 e. The lowest BCUT2D eigenvalue weighted by Gasteiger charge is -2.16. The molecule has 0 bridgehead atoms. The zero-order valence-corrected chi connectivity index (χ0v) is 11.7. The third-order valence-corrected chi connectivity index (χ3v) is 3.40. The summed E-state index contributed by atoms with van der Waals surface area (Å²) in [5.41, 5.74) is 3.27. The number of hydrogen-bond acceptors (Lipinski definition) is 3. The van der Waals surface area contributed by atoms with Gasteiger partial charge in [-0.15, -0.1) is 0 Å². The van der Waals surface area contributed by atoms with Crippen LogP contribution in [-0.2, 0) is 7.05 Å². The molecule has 102 valence electrons. The van der Waals surface area contributed by atoms with Gasteiger partial charge in [0.25, 0.3) is 0 Å². The van der Waals surface area contributed by atoms with Crippen molar-refractivity contribution in [2.45, 2.75) is 13.0 Å². The van der Waals surface area contributed by atoms with Crippen LogP contribution in [-0.4, -0.2) is 21.3 Å². The Bertz CT molecular complexity index is 717. The van der Waals surface area contributed by atoms with E-state index in [9.17, 15) is 0 Å². The maximum Gasteiger partial charge on any atom is 0.0839 e. The van der Waals surface area contributed by atoms with E-state index in [-0.39, 0.29) is 6.04 Å². The monoisotopic (exact) mass is 266 g/mol. The van der Waals surface area contributed by atoms with Gasteiger partial charge in [0.05, 0.1) is 17.3 Å². The van der Waals surface area contributed by atoms with Crippen molar-refractivity contribution in [3.05, 3.63) is 60.0 Å². The molecule has 20 heavy (non-hydrogen) atoms. The van der Waals surface area contributed by atoms with E-state index in [2.05, 4.69) is 52.7 Å². The summed E-state index contributed by atoms with van der Waals surface area (Å²) in [7, 11) is 1.94. The quantitative estimate of drug-likeness (QED) is 0.789. The van der Waals surface area contributed by atoms with Gasteiger partial charge < -0.3 is 5.32 Å². The van der Waals surface area contributed by atoms with Gasteiger partial charge in [-0.3, -0.25) is 9.67 Å². The average Bonchev–Trinajstić information content (AvgIpc) is 2.90. The lowest BCUT2D eigenvalue weighted by atomic mass is 10.0. The van der Waals surface area contributed by atoms with Crippen molar-refractivity contribution in [1.29, 1.82) is 0 Å². The topological polar surface area (TPSA) is 42.7 Å². The summed E-state index contributed by atoms with van der Waals surface area (Å²) in [6.45, 7) is 3.00. The molecule has 1 unspecified atom stereocenters. The van der Waals surface area contributed by atoms with Crippen LogP contribution in [0.3, 0.4) is 0 Å². The summed E-state index contributed by atoms with van der Waals surface area (Å²) < 4.78 is 1.84. The largest absolute Gasteiger partial charge is 0.305 e. The molecule has 0 spiro atoms. The zero-order chi connectivity index (χ0) is 13.9. The Morgan fingerprint density at radius 1 is 1.25 bits per heavy atom. The fraction of sp³-hybridized carbons (Fsp3) is 0.250. The van der Waals surface area contributed by atoms with Crippen molar-refractivity contribution in [3.8, 4) is 0 Å². The standard InChI is InChI=1S/C16H18N4/c1-3-17-16(15-8-10-20(2)19-15)13-6-7-14-12(11-13)5-4-9-18-14/h4-11,16-17H,3H2,1-2H3. The molecule has 3 rings (SSSR count). The van der Waals surface area contributed by atoms with Crippen LogP contribution in [0.25, 0.3) is 10.9 Å². The van der Waals surface area contributed by atoms with E-state index in [1.165, 1.54) is 5.56 Å². The van der Waals surface area contributed by atoms with E-state index in [1.807, 2.05) is 30.2 Å². The highest BCUT2D eigenvalue weighted by Gasteiger charge is 2.15. The van der Waals surface area contributed by atoms with Gasteiger partial charge in [-0.25, -0.2) is 0 Å². The number of rotatable bonds is 4. The number of nitrogens with zero attached hydrogens (tertiary/aromatic N) is 3. The molecule has 1 aromatic carbocycles. The molecule has 3 aromatic rings. The van der Waals surface area contributed by atoms with E-state index in [1.54, 1.807) is 0 Å². The molecule has 0 aliphatic heterocycles. The number of nitrogens with one attached hydrogen (secondary N) is 1. The number of hydrogen-bond donors (Lipinski definition) is 1. The minimum atomic E-state index is 0.116. The minimum absolute atomic E-state index is 0.116. The number of benzene rings is 1. The molecule has 0 amide bonds. The first-order valence-corrected chi connectivity index (χ1v) is 6.85. The summed E-state index contributed by atoms with van der Waals surface area (Å²) in [4.78, 5) is 4.36. The number of aryl methyl sites for hydroxylation is 1. The highest BCUT2D eigenvalue weighted by atomic mass is 15.3. The SMILES string of the molecule is CCNC(c1ccc2ncccc2c1)c1ccn(C)n1. The Hall–Kier alpha value is -2.20. The second-order valence-corrected chi connectivity index (χ2v) is 4.86. The summed E-state index contributed by atoms with van der Waals surface area (Å²) in [5, 5.41) is 9.18. The van der Waals surface area contributed by atoms with Crippen molar-refractivity contribution >= 4 is 10.9 Å². The van der Waals surface area contributed by atoms with Gasteiger partial charge in [0.15, 0.2) is 0 Å². The number of aromatic nitrogens is 3. The molecule has 2 aromatic heterocycles. The van der Waals surface area contributed by atoms with Crippen LogP contribution in [0.15, 0.2) is 48.8 Å². The molecule has 0 aliphatic carbocycles. The number of fused-ring (bicyclic) bond motifs is 1. The molecule has 4 nitrogen and oxygen atoms in total. The zero-order valence-electron chi connectivity index (χ0n) is 11.7. The molecular weight excluding hydrogens is 248 g/mol. The average molecular weight is 266 g/mol. The van der Waals surface area contributed by atoms with Gasteiger partial charge in [-0.1, -0.05) is 19.1 Å². The van der Waals surface area contributed by atoms with Gasteiger partial charge >= 0.3 is 0 Å².